The summed E-state index contributed by atoms with van der Waals surface area (Å²) in [5.74, 6) is -0.377. The summed E-state index contributed by atoms with van der Waals surface area (Å²) >= 11 is 14.0. The van der Waals surface area contributed by atoms with Crippen molar-refractivity contribution >= 4 is 29.2 Å². The van der Waals surface area contributed by atoms with Crippen LogP contribution in [0.3, 0.4) is 0 Å². The van der Waals surface area contributed by atoms with Crippen LogP contribution in [0.15, 0.2) is 60.7 Å². The molecule has 1 saturated carbocycles. The molecule has 220 valence electrons. The molecular weight excluding hydrogens is 539 g/mol. The summed E-state index contributed by atoms with van der Waals surface area (Å²) in [6, 6.07) is 20.4. The van der Waals surface area contributed by atoms with E-state index in [1.165, 1.54) is 63.4 Å². The number of cyclic esters (lactones) is 1. The van der Waals surface area contributed by atoms with Crippen LogP contribution in [-0.4, -0.2) is 22.5 Å². The Hall–Kier alpha value is -1.55. The van der Waals surface area contributed by atoms with Gasteiger partial charge in [0.25, 0.3) is 4.33 Å². The number of hydrogen-bond acceptors (Lipinski definition) is 3. The maximum Gasteiger partial charge on any atom is 0.346 e. The van der Waals surface area contributed by atoms with Crippen LogP contribution >= 0.6 is 23.2 Å². The first-order chi connectivity index (χ1) is 19.5. The predicted molar refractivity (Wildman–Crippen MR) is 166 cm³/mol. The van der Waals surface area contributed by atoms with Gasteiger partial charge in [-0.05, 0) is 36.8 Å². The SMILES string of the molecule is CCCCCCCCCCCCC[C@@H]1OC(=O)C(Cl)(Cl)[C@@]1(O[C@@H]1CCCC[C@H]1c1ccccc1)c1ccccc1. The maximum absolute atomic E-state index is 13.2. The third kappa shape index (κ3) is 7.44. The standard InChI is InChI=1S/C35H48Cl2O3/c1-2-3-4-5-6-7-8-9-10-11-18-27-32-34(29-23-16-13-17-24-29,35(36,37)33(38)39-32)40-31-26-20-19-25-30(31)28-21-14-12-15-22-28/h12-17,21-24,30-32H,2-11,18-20,25-27H2,1H3/t30-,31+,32-,34+/m0/s1. The second-order valence-corrected chi connectivity index (χ2v) is 13.2. The number of rotatable bonds is 16. The average molecular weight is 588 g/mol. The predicted octanol–water partition coefficient (Wildman–Crippen LogP) is 10.4. The molecule has 0 aromatic heterocycles. The number of halogens is 2. The highest BCUT2D eigenvalue weighted by atomic mass is 35.5. The van der Waals surface area contributed by atoms with Crippen LogP contribution in [0, 0.1) is 0 Å². The molecule has 2 aromatic carbocycles. The maximum atomic E-state index is 13.2. The second-order valence-electron chi connectivity index (χ2n) is 11.9. The minimum atomic E-state index is -1.82. The fraction of sp³-hybridized carbons (Fsp3) is 0.629. The quantitative estimate of drug-likeness (QED) is 0.111. The van der Waals surface area contributed by atoms with Crippen molar-refractivity contribution in [1.82, 2.24) is 0 Å². The lowest BCUT2D eigenvalue weighted by atomic mass is 9.79. The van der Waals surface area contributed by atoms with Gasteiger partial charge in [0.2, 0.25) is 0 Å². The van der Waals surface area contributed by atoms with Gasteiger partial charge in [-0.15, -0.1) is 0 Å². The van der Waals surface area contributed by atoms with Crippen molar-refractivity contribution < 1.29 is 14.3 Å². The molecule has 4 rings (SSSR count). The van der Waals surface area contributed by atoms with E-state index in [1.54, 1.807) is 0 Å². The summed E-state index contributed by atoms with van der Waals surface area (Å²) in [5.41, 5.74) is 0.816. The fourth-order valence-corrected chi connectivity index (χ4v) is 7.37. The van der Waals surface area contributed by atoms with Crippen LogP contribution in [0.1, 0.15) is 127 Å². The molecule has 0 radical (unpaired) electrons. The Balaban J connectivity index is 1.46. The number of carbonyl (C=O) groups is 1. The zero-order chi connectivity index (χ0) is 28.3. The molecule has 1 aliphatic heterocycles. The molecule has 5 heteroatoms. The number of unbranched alkanes of at least 4 members (excludes halogenated alkanes) is 10. The molecular formula is C35H48Cl2O3. The Morgan fingerprint density at radius 1 is 0.775 bits per heavy atom. The number of benzene rings is 2. The van der Waals surface area contributed by atoms with Crippen LogP contribution in [0.25, 0.3) is 0 Å². The lowest BCUT2D eigenvalue weighted by Crippen LogP contribution is -2.53. The highest BCUT2D eigenvalue weighted by Crippen LogP contribution is 2.56. The molecule has 4 atom stereocenters. The van der Waals surface area contributed by atoms with Crippen molar-refractivity contribution in [3.05, 3.63) is 71.8 Å². The first-order valence-electron chi connectivity index (χ1n) is 15.9. The lowest BCUT2D eigenvalue weighted by Gasteiger charge is -2.44. The third-order valence-corrected chi connectivity index (χ3v) is 9.84. The molecule has 1 heterocycles. The third-order valence-electron chi connectivity index (χ3n) is 8.97. The Morgan fingerprint density at radius 3 is 1.95 bits per heavy atom. The summed E-state index contributed by atoms with van der Waals surface area (Å²) in [7, 11) is 0. The molecule has 3 nitrogen and oxygen atoms in total. The highest BCUT2D eigenvalue weighted by Gasteiger charge is 2.69. The molecule has 2 aromatic rings. The Kier molecular flexibility index (Phi) is 12.3. The molecule has 0 spiro atoms. The molecule has 2 aliphatic rings. The molecule has 1 aliphatic carbocycles. The number of carbonyl (C=O) groups excluding carboxylic acids is 1. The van der Waals surface area contributed by atoms with E-state index in [0.717, 1.165) is 44.1 Å². The molecule has 2 fully saturated rings. The first kappa shape index (κ1) is 31.4. The average Bonchev–Trinajstić information content (AvgIpc) is 3.17. The van der Waals surface area contributed by atoms with Crippen molar-refractivity contribution in [1.29, 1.82) is 0 Å². The van der Waals surface area contributed by atoms with Gasteiger partial charge in [0.1, 0.15) is 6.10 Å². The topological polar surface area (TPSA) is 35.5 Å². The molecule has 0 unspecified atom stereocenters. The van der Waals surface area contributed by atoms with Gasteiger partial charge in [-0.3, -0.25) is 0 Å². The molecule has 0 amide bonds. The number of ether oxygens (including phenoxy) is 2. The van der Waals surface area contributed by atoms with Crippen molar-refractivity contribution in [3.8, 4) is 0 Å². The second kappa shape index (κ2) is 15.6. The van der Waals surface area contributed by atoms with E-state index in [9.17, 15) is 4.79 Å². The monoisotopic (exact) mass is 586 g/mol. The van der Waals surface area contributed by atoms with E-state index in [4.69, 9.17) is 32.7 Å². The van der Waals surface area contributed by atoms with Gasteiger partial charge in [0, 0.05) is 5.92 Å². The van der Waals surface area contributed by atoms with Crippen molar-refractivity contribution in [2.45, 2.75) is 138 Å². The summed E-state index contributed by atoms with van der Waals surface area (Å²) in [6.07, 6.45) is 18.1. The molecule has 0 bridgehead atoms. The fourth-order valence-electron chi connectivity index (χ4n) is 6.73. The number of esters is 1. The van der Waals surface area contributed by atoms with Gasteiger partial charge in [0.05, 0.1) is 6.10 Å². The Labute approximate surface area is 252 Å². The first-order valence-corrected chi connectivity index (χ1v) is 16.6. The zero-order valence-electron chi connectivity index (χ0n) is 24.3. The normalized spacial score (nSPS) is 26.1. The highest BCUT2D eigenvalue weighted by molar-refractivity contribution is 6.59. The van der Waals surface area contributed by atoms with Crippen LogP contribution in [-0.2, 0) is 19.9 Å². The van der Waals surface area contributed by atoms with E-state index in [1.807, 2.05) is 36.4 Å². The lowest BCUT2D eigenvalue weighted by molar-refractivity contribution is -0.157. The Morgan fingerprint density at radius 2 is 1.32 bits per heavy atom. The number of alkyl halides is 2. The van der Waals surface area contributed by atoms with Crippen LogP contribution < -0.4 is 0 Å². The molecule has 0 N–H and O–H groups in total. The summed E-state index contributed by atoms with van der Waals surface area (Å²) in [6.45, 7) is 2.26. The van der Waals surface area contributed by atoms with Gasteiger partial charge < -0.3 is 9.47 Å². The van der Waals surface area contributed by atoms with Crippen molar-refractivity contribution in [3.63, 3.8) is 0 Å². The Bertz CT molecular complexity index is 1010. The summed E-state index contributed by atoms with van der Waals surface area (Å²) < 4.78 is 11.3. The minimum absolute atomic E-state index is 0.109. The van der Waals surface area contributed by atoms with E-state index in [0.29, 0.717) is 6.42 Å². The van der Waals surface area contributed by atoms with Crippen LogP contribution in [0.4, 0.5) is 0 Å². The number of hydrogen-bond donors (Lipinski definition) is 0. The largest absolute Gasteiger partial charge is 0.456 e. The molecule has 40 heavy (non-hydrogen) atoms. The van der Waals surface area contributed by atoms with Crippen molar-refractivity contribution in [2.75, 3.05) is 0 Å². The minimum Gasteiger partial charge on any atom is -0.456 e. The van der Waals surface area contributed by atoms with Gasteiger partial charge in [0.15, 0.2) is 5.60 Å². The van der Waals surface area contributed by atoms with Gasteiger partial charge in [-0.1, -0.05) is 168 Å². The molecule has 1 saturated heterocycles. The zero-order valence-corrected chi connectivity index (χ0v) is 25.8. The van der Waals surface area contributed by atoms with Gasteiger partial charge in [-0.25, -0.2) is 4.79 Å². The smallest absolute Gasteiger partial charge is 0.346 e. The summed E-state index contributed by atoms with van der Waals surface area (Å²) in [4.78, 5) is 13.2. The van der Waals surface area contributed by atoms with Crippen LogP contribution in [0.5, 0.6) is 0 Å². The van der Waals surface area contributed by atoms with Crippen molar-refractivity contribution in [2.24, 2.45) is 0 Å². The summed E-state index contributed by atoms with van der Waals surface area (Å²) in [5, 5.41) is 0. The van der Waals surface area contributed by atoms with E-state index in [2.05, 4.69) is 31.2 Å². The van der Waals surface area contributed by atoms with Gasteiger partial charge in [-0.2, -0.15) is 0 Å². The van der Waals surface area contributed by atoms with E-state index in [-0.39, 0.29) is 12.0 Å². The van der Waals surface area contributed by atoms with Gasteiger partial charge >= 0.3 is 5.97 Å². The van der Waals surface area contributed by atoms with E-state index >= 15 is 0 Å². The van der Waals surface area contributed by atoms with Crippen LogP contribution in [0.2, 0.25) is 0 Å². The van der Waals surface area contributed by atoms with E-state index < -0.39 is 22.0 Å².